The second-order valence-corrected chi connectivity index (χ2v) is 6.27. The molecule has 2 unspecified atom stereocenters. The first kappa shape index (κ1) is 13.5. The first-order valence-corrected chi connectivity index (χ1v) is 7.75. The smallest absolute Gasteiger partial charge is 0.0656 e. The van der Waals surface area contributed by atoms with Crippen molar-refractivity contribution < 1.29 is 0 Å². The second kappa shape index (κ2) is 5.85. The zero-order chi connectivity index (χ0) is 13.9. The summed E-state index contributed by atoms with van der Waals surface area (Å²) in [6.07, 6.45) is 5.96. The van der Waals surface area contributed by atoms with Gasteiger partial charge in [0.15, 0.2) is 0 Å². The Labute approximate surface area is 121 Å². The van der Waals surface area contributed by atoms with E-state index < -0.39 is 0 Å². The van der Waals surface area contributed by atoms with Crippen LogP contribution in [-0.2, 0) is 0 Å². The maximum Gasteiger partial charge on any atom is 0.0656 e. The molecule has 3 heteroatoms. The molecule has 1 aliphatic carbocycles. The van der Waals surface area contributed by atoms with Gasteiger partial charge in [0.2, 0.25) is 0 Å². The minimum Gasteiger partial charge on any atom is -0.399 e. The van der Waals surface area contributed by atoms with E-state index in [2.05, 4.69) is 23.1 Å². The van der Waals surface area contributed by atoms with Gasteiger partial charge in [0.1, 0.15) is 0 Å². The molecule has 2 N–H and O–H groups in total. The summed E-state index contributed by atoms with van der Waals surface area (Å²) in [5.41, 5.74) is 8.05. The van der Waals surface area contributed by atoms with E-state index in [1.807, 2.05) is 12.1 Å². The maximum atomic E-state index is 8.98. The first-order chi connectivity index (χ1) is 9.76. The average molecular weight is 269 g/mol. The number of nitrogens with zero attached hydrogens (tertiary/aromatic N) is 2. The lowest BCUT2D eigenvalue weighted by molar-refractivity contribution is 0.148. The van der Waals surface area contributed by atoms with Crippen molar-refractivity contribution in [2.24, 2.45) is 5.92 Å². The summed E-state index contributed by atoms with van der Waals surface area (Å²) < 4.78 is 0. The molecule has 0 bridgehead atoms. The molecule has 0 amide bonds. The van der Waals surface area contributed by atoms with E-state index in [0.717, 1.165) is 37.7 Å². The van der Waals surface area contributed by atoms with E-state index in [9.17, 15) is 0 Å². The molecule has 0 radical (unpaired) electrons. The number of likely N-dealkylation sites (tertiary alicyclic amines) is 1. The maximum absolute atomic E-state index is 8.98. The van der Waals surface area contributed by atoms with Gasteiger partial charge in [0.25, 0.3) is 0 Å². The molecule has 1 heterocycles. The molecule has 20 heavy (non-hydrogen) atoms. The van der Waals surface area contributed by atoms with Gasteiger partial charge in [-0.15, -0.1) is 0 Å². The van der Waals surface area contributed by atoms with Crippen molar-refractivity contribution in [2.75, 3.05) is 18.8 Å². The molecule has 0 spiro atoms. The van der Waals surface area contributed by atoms with Crippen LogP contribution >= 0.6 is 0 Å². The minimum atomic E-state index is 0.292. The fraction of sp³-hybridized carbons (Fsp3) is 0.588. The van der Waals surface area contributed by atoms with Crippen molar-refractivity contribution in [3.05, 3.63) is 29.8 Å². The van der Waals surface area contributed by atoms with Gasteiger partial charge in [0.05, 0.1) is 6.07 Å². The molecule has 1 saturated carbocycles. The van der Waals surface area contributed by atoms with Gasteiger partial charge in [-0.1, -0.05) is 12.1 Å². The highest BCUT2D eigenvalue weighted by molar-refractivity contribution is 5.40. The zero-order valence-electron chi connectivity index (χ0n) is 12.0. The summed E-state index contributed by atoms with van der Waals surface area (Å²) in [5.74, 6) is 0.981. The predicted octanol–water partition coefficient (Wildman–Crippen LogP) is 3.14. The van der Waals surface area contributed by atoms with Crippen LogP contribution in [0.1, 0.15) is 43.6 Å². The zero-order valence-corrected chi connectivity index (χ0v) is 12.0. The van der Waals surface area contributed by atoms with E-state index in [1.165, 1.54) is 24.8 Å². The number of piperidine rings is 1. The van der Waals surface area contributed by atoms with E-state index in [0.29, 0.717) is 11.8 Å². The van der Waals surface area contributed by atoms with Gasteiger partial charge in [-0.2, -0.15) is 5.26 Å². The Morgan fingerprint density at radius 1 is 1.05 bits per heavy atom. The lowest BCUT2D eigenvalue weighted by Gasteiger charge is -2.34. The van der Waals surface area contributed by atoms with E-state index in [1.54, 1.807) is 0 Å². The SMILES string of the molecule is N#CC1CCN(C2CCC(c3ccc(N)cc3)C2)CC1. The van der Waals surface area contributed by atoms with Crippen LogP contribution in [-0.4, -0.2) is 24.0 Å². The number of nitriles is 1. The Kier molecular flexibility index (Phi) is 3.93. The fourth-order valence-electron chi connectivity index (χ4n) is 3.75. The Hall–Kier alpha value is -1.53. The van der Waals surface area contributed by atoms with E-state index in [-0.39, 0.29) is 0 Å². The number of rotatable bonds is 2. The quantitative estimate of drug-likeness (QED) is 0.839. The van der Waals surface area contributed by atoms with Crippen LogP contribution in [0.5, 0.6) is 0 Å². The van der Waals surface area contributed by atoms with Gasteiger partial charge in [0, 0.05) is 17.6 Å². The Morgan fingerprint density at radius 3 is 2.40 bits per heavy atom. The first-order valence-electron chi connectivity index (χ1n) is 7.75. The van der Waals surface area contributed by atoms with Gasteiger partial charge in [-0.25, -0.2) is 0 Å². The normalized spacial score (nSPS) is 28.4. The van der Waals surface area contributed by atoms with Gasteiger partial charge < -0.3 is 10.6 Å². The summed E-state index contributed by atoms with van der Waals surface area (Å²) in [4.78, 5) is 2.62. The Bertz CT molecular complexity index is 480. The number of anilines is 1. The highest BCUT2D eigenvalue weighted by atomic mass is 15.2. The molecule has 3 rings (SSSR count). The van der Waals surface area contributed by atoms with Crippen molar-refractivity contribution >= 4 is 5.69 Å². The highest BCUT2D eigenvalue weighted by Crippen LogP contribution is 2.38. The van der Waals surface area contributed by atoms with Crippen molar-refractivity contribution in [2.45, 2.75) is 44.1 Å². The number of nitrogen functional groups attached to an aromatic ring is 1. The third-order valence-corrected chi connectivity index (χ3v) is 5.04. The largest absolute Gasteiger partial charge is 0.399 e. The van der Waals surface area contributed by atoms with E-state index >= 15 is 0 Å². The fourth-order valence-corrected chi connectivity index (χ4v) is 3.75. The number of hydrogen-bond acceptors (Lipinski definition) is 3. The number of hydrogen-bond donors (Lipinski definition) is 1. The summed E-state index contributed by atoms with van der Waals surface area (Å²) in [6.45, 7) is 2.22. The second-order valence-electron chi connectivity index (χ2n) is 6.27. The molecule has 2 atom stereocenters. The third kappa shape index (κ3) is 2.81. The van der Waals surface area contributed by atoms with Crippen LogP contribution in [0.3, 0.4) is 0 Å². The van der Waals surface area contributed by atoms with E-state index in [4.69, 9.17) is 11.0 Å². The molecule has 3 nitrogen and oxygen atoms in total. The molecular weight excluding hydrogens is 246 g/mol. The van der Waals surface area contributed by atoms with Crippen LogP contribution in [0, 0.1) is 17.2 Å². The number of nitrogens with two attached hydrogens (primary N) is 1. The summed E-state index contributed by atoms with van der Waals surface area (Å²) in [7, 11) is 0. The Balaban J connectivity index is 1.57. The molecule has 1 aliphatic heterocycles. The molecule has 0 aromatic heterocycles. The van der Waals surface area contributed by atoms with Crippen LogP contribution in [0.15, 0.2) is 24.3 Å². The average Bonchev–Trinajstić information content (AvgIpc) is 2.98. The predicted molar refractivity (Wildman–Crippen MR) is 81.1 cm³/mol. The third-order valence-electron chi connectivity index (χ3n) is 5.04. The van der Waals surface area contributed by atoms with Gasteiger partial charge >= 0.3 is 0 Å². The summed E-state index contributed by atoms with van der Waals surface area (Å²) in [6, 6.07) is 11.5. The van der Waals surface area contributed by atoms with Gasteiger partial charge in [-0.3, -0.25) is 0 Å². The van der Waals surface area contributed by atoms with Crippen LogP contribution in [0.2, 0.25) is 0 Å². The summed E-state index contributed by atoms with van der Waals surface area (Å²) in [5, 5.41) is 8.98. The molecule has 1 aromatic rings. The van der Waals surface area contributed by atoms with Crippen molar-refractivity contribution in [1.82, 2.24) is 4.90 Å². The Morgan fingerprint density at radius 2 is 1.75 bits per heavy atom. The topological polar surface area (TPSA) is 53.0 Å². The minimum absolute atomic E-state index is 0.292. The lowest BCUT2D eigenvalue weighted by Crippen LogP contribution is -2.40. The molecule has 106 valence electrons. The monoisotopic (exact) mass is 269 g/mol. The van der Waals surface area contributed by atoms with Crippen molar-refractivity contribution in [1.29, 1.82) is 5.26 Å². The van der Waals surface area contributed by atoms with Crippen LogP contribution in [0.4, 0.5) is 5.69 Å². The van der Waals surface area contributed by atoms with Crippen LogP contribution < -0.4 is 5.73 Å². The van der Waals surface area contributed by atoms with Crippen LogP contribution in [0.25, 0.3) is 0 Å². The molecule has 2 aliphatic rings. The van der Waals surface area contributed by atoms with Gasteiger partial charge in [-0.05, 0) is 68.8 Å². The highest BCUT2D eigenvalue weighted by Gasteiger charge is 2.32. The number of benzene rings is 1. The summed E-state index contributed by atoms with van der Waals surface area (Å²) >= 11 is 0. The molecule has 2 fully saturated rings. The lowest BCUT2D eigenvalue weighted by atomic mass is 9.95. The standard InChI is InChI=1S/C17H23N3/c18-12-13-7-9-20(10-8-13)17-6-3-15(11-17)14-1-4-16(19)5-2-14/h1-2,4-5,13,15,17H,3,6-11,19H2. The molecule has 1 aromatic carbocycles. The van der Waals surface area contributed by atoms with Crippen molar-refractivity contribution in [3.8, 4) is 6.07 Å². The van der Waals surface area contributed by atoms with Crippen molar-refractivity contribution in [3.63, 3.8) is 0 Å². The molecular formula is C17H23N3. The molecule has 1 saturated heterocycles.